The number of nitrogens with two attached hydrogens (primary N) is 1. The zero-order valence-corrected chi connectivity index (χ0v) is 14.9. The molecule has 0 spiro atoms. The third-order valence-electron chi connectivity index (χ3n) is 3.83. The molecule has 1 aliphatic heterocycles. The van der Waals surface area contributed by atoms with E-state index in [1.807, 2.05) is 0 Å². The molecule has 2 aromatic rings. The Labute approximate surface area is 161 Å². The Morgan fingerprint density at radius 1 is 1.04 bits per heavy atom. The van der Waals surface area contributed by atoms with Crippen molar-refractivity contribution in [3.8, 4) is 0 Å². The Bertz CT molecular complexity index is 984. The average molecular weight is 410 g/mol. The van der Waals surface area contributed by atoms with Crippen LogP contribution in [0.3, 0.4) is 0 Å². The summed E-state index contributed by atoms with van der Waals surface area (Å²) >= 11 is 11.7. The van der Waals surface area contributed by atoms with Gasteiger partial charge in [0.1, 0.15) is 12.4 Å². The van der Waals surface area contributed by atoms with Gasteiger partial charge in [-0.3, -0.25) is 24.1 Å². The summed E-state index contributed by atoms with van der Waals surface area (Å²) in [5.74, 6) is -3.96. The van der Waals surface area contributed by atoms with Crippen molar-refractivity contribution < 1.29 is 23.6 Å². The number of halogens is 3. The van der Waals surface area contributed by atoms with Gasteiger partial charge < -0.3 is 11.1 Å². The van der Waals surface area contributed by atoms with Gasteiger partial charge in [0, 0.05) is 5.69 Å². The molecular weight excluding hydrogens is 400 g/mol. The summed E-state index contributed by atoms with van der Waals surface area (Å²) in [6.45, 7) is -0.592. The number of primary amides is 1. The van der Waals surface area contributed by atoms with Gasteiger partial charge in [0.2, 0.25) is 5.91 Å². The molecule has 0 saturated carbocycles. The first-order chi connectivity index (χ1) is 12.7. The molecule has 3 N–H and O–H groups in total. The van der Waals surface area contributed by atoms with Crippen molar-refractivity contribution in [1.82, 2.24) is 4.90 Å². The lowest BCUT2D eigenvalue weighted by Crippen LogP contribution is -2.37. The summed E-state index contributed by atoms with van der Waals surface area (Å²) < 4.78 is 13.5. The van der Waals surface area contributed by atoms with E-state index >= 15 is 0 Å². The normalized spacial score (nSPS) is 12.9. The molecule has 0 aromatic heterocycles. The Morgan fingerprint density at radius 2 is 1.59 bits per heavy atom. The Kier molecular flexibility index (Phi) is 4.86. The fourth-order valence-corrected chi connectivity index (χ4v) is 2.89. The van der Waals surface area contributed by atoms with Crippen LogP contribution in [0.25, 0.3) is 0 Å². The number of rotatable bonds is 4. The zero-order chi connectivity index (χ0) is 19.9. The van der Waals surface area contributed by atoms with E-state index in [1.54, 1.807) is 0 Å². The summed E-state index contributed by atoms with van der Waals surface area (Å²) in [6, 6.07) is 5.74. The van der Waals surface area contributed by atoms with Gasteiger partial charge in [-0.15, -0.1) is 0 Å². The molecular formula is C17H10Cl2FN3O4. The molecule has 138 valence electrons. The minimum absolute atomic E-state index is 0.0417. The summed E-state index contributed by atoms with van der Waals surface area (Å²) in [7, 11) is 0. The van der Waals surface area contributed by atoms with Crippen molar-refractivity contribution in [1.29, 1.82) is 0 Å². The minimum atomic E-state index is -1.00. The van der Waals surface area contributed by atoms with E-state index in [2.05, 4.69) is 5.32 Å². The highest BCUT2D eigenvalue weighted by molar-refractivity contribution is 6.43. The van der Waals surface area contributed by atoms with Gasteiger partial charge in [-0.25, -0.2) is 4.39 Å². The first-order valence-electron chi connectivity index (χ1n) is 7.43. The number of hydrogen-bond acceptors (Lipinski definition) is 4. The largest absolute Gasteiger partial charge is 0.366 e. The van der Waals surface area contributed by atoms with Crippen molar-refractivity contribution in [2.45, 2.75) is 0 Å². The van der Waals surface area contributed by atoms with Crippen LogP contribution >= 0.6 is 23.2 Å². The summed E-state index contributed by atoms with van der Waals surface area (Å²) in [4.78, 5) is 48.8. The minimum Gasteiger partial charge on any atom is -0.366 e. The standard InChI is InChI=1S/C17H10Cl2FN3O4/c18-11-4-8-9(5-12(11)19)17(27)23(16(8)26)6-14(24)22-7-1-2-13(20)10(3-7)15(21)25/h1-5H,6H2,(H2,21,25)(H,22,24). The maximum atomic E-state index is 13.5. The van der Waals surface area contributed by atoms with E-state index in [4.69, 9.17) is 28.9 Å². The molecule has 0 atom stereocenters. The van der Waals surface area contributed by atoms with E-state index in [-0.39, 0.29) is 26.9 Å². The number of nitrogens with zero attached hydrogens (tertiary/aromatic N) is 1. The van der Waals surface area contributed by atoms with Gasteiger partial charge in [0.15, 0.2) is 0 Å². The molecule has 1 aliphatic rings. The van der Waals surface area contributed by atoms with Gasteiger partial charge in [-0.05, 0) is 30.3 Å². The number of amides is 4. The highest BCUT2D eigenvalue weighted by atomic mass is 35.5. The number of carbonyl (C=O) groups is 4. The summed E-state index contributed by atoms with van der Waals surface area (Å²) in [5.41, 5.74) is 4.80. The lowest BCUT2D eigenvalue weighted by Gasteiger charge is -2.14. The van der Waals surface area contributed by atoms with Crippen LogP contribution in [-0.2, 0) is 4.79 Å². The number of benzene rings is 2. The first kappa shape index (κ1) is 18.8. The second-order valence-electron chi connectivity index (χ2n) is 5.62. The first-order valence-corrected chi connectivity index (χ1v) is 8.19. The van der Waals surface area contributed by atoms with Gasteiger partial charge in [-0.2, -0.15) is 0 Å². The predicted octanol–water partition coefficient (Wildman–Crippen LogP) is 2.47. The smallest absolute Gasteiger partial charge is 0.262 e. The fourth-order valence-electron chi connectivity index (χ4n) is 2.56. The average Bonchev–Trinajstić information content (AvgIpc) is 2.81. The molecule has 3 rings (SSSR count). The quantitative estimate of drug-likeness (QED) is 0.755. The molecule has 0 aliphatic carbocycles. The molecule has 0 radical (unpaired) electrons. The van der Waals surface area contributed by atoms with Gasteiger partial charge in [0.25, 0.3) is 17.7 Å². The molecule has 7 nitrogen and oxygen atoms in total. The highest BCUT2D eigenvalue weighted by Crippen LogP contribution is 2.31. The van der Waals surface area contributed by atoms with Crippen molar-refractivity contribution in [2.24, 2.45) is 5.73 Å². The zero-order valence-electron chi connectivity index (χ0n) is 13.4. The van der Waals surface area contributed by atoms with Crippen molar-refractivity contribution in [3.63, 3.8) is 0 Å². The van der Waals surface area contributed by atoms with Crippen LogP contribution in [-0.4, -0.2) is 35.1 Å². The molecule has 0 fully saturated rings. The topological polar surface area (TPSA) is 110 Å². The summed E-state index contributed by atoms with van der Waals surface area (Å²) in [5, 5.41) is 2.58. The molecule has 4 amide bonds. The monoisotopic (exact) mass is 409 g/mol. The third kappa shape index (κ3) is 3.49. The number of fused-ring (bicyclic) bond motifs is 1. The molecule has 1 heterocycles. The van der Waals surface area contributed by atoms with E-state index in [0.29, 0.717) is 0 Å². The van der Waals surface area contributed by atoms with Crippen LogP contribution in [0.4, 0.5) is 10.1 Å². The molecule has 10 heteroatoms. The van der Waals surface area contributed by atoms with Crippen molar-refractivity contribution >= 4 is 52.5 Å². The second-order valence-corrected chi connectivity index (χ2v) is 6.43. The van der Waals surface area contributed by atoms with Crippen LogP contribution in [0.15, 0.2) is 30.3 Å². The van der Waals surface area contributed by atoms with Crippen LogP contribution in [0.1, 0.15) is 31.1 Å². The highest BCUT2D eigenvalue weighted by Gasteiger charge is 2.37. The fraction of sp³-hybridized carbons (Fsp3) is 0.0588. The molecule has 0 bridgehead atoms. The Balaban J connectivity index is 1.77. The Morgan fingerprint density at radius 3 is 2.11 bits per heavy atom. The predicted molar refractivity (Wildman–Crippen MR) is 95.4 cm³/mol. The molecule has 27 heavy (non-hydrogen) atoms. The number of carbonyl (C=O) groups excluding carboxylic acids is 4. The van der Waals surface area contributed by atoms with E-state index in [0.717, 1.165) is 17.0 Å². The van der Waals surface area contributed by atoms with E-state index in [9.17, 15) is 23.6 Å². The van der Waals surface area contributed by atoms with Gasteiger partial charge in [-0.1, -0.05) is 23.2 Å². The number of hydrogen-bond donors (Lipinski definition) is 2. The van der Waals surface area contributed by atoms with Crippen molar-refractivity contribution in [3.05, 3.63) is 62.9 Å². The van der Waals surface area contributed by atoms with Crippen LogP contribution in [0.2, 0.25) is 10.0 Å². The van der Waals surface area contributed by atoms with Gasteiger partial charge in [0.05, 0.1) is 26.7 Å². The summed E-state index contributed by atoms with van der Waals surface area (Å²) in [6.07, 6.45) is 0. The maximum Gasteiger partial charge on any atom is 0.262 e. The SMILES string of the molecule is NC(=O)c1cc(NC(=O)CN2C(=O)c3cc(Cl)c(Cl)cc3C2=O)ccc1F. The molecule has 2 aromatic carbocycles. The van der Waals surface area contributed by atoms with Crippen molar-refractivity contribution in [2.75, 3.05) is 11.9 Å². The van der Waals surface area contributed by atoms with Crippen LogP contribution < -0.4 is 11.1 Å². The maximum absolute atomic E-state index is 13.5. The lowest BCUT2D eigenvalue weighted by atomic mass is 10.1. The lowest BCUT2D eigenvalue weighted by molar-refractivity contribution is -0.116. The van der Waals surface area contributed by atoms with Gasteiger partial charge >= 0.3 is 0 Å². The van der Waals surface area contributed by atoms with E-state index in [1.165, 1.54) is 18.2 Å². The third-order valence-corrected chi connectivity index (χ3v) is 4.55. The van der Waals surface area contributed by atoms with Crippen LogP contribution in [0, 0.1) is 5.82 Å². The molecule has 0 unspecified atom stereocenters. The van der Waals surface area contributed by atoms with Crippen LogP contribution in [0.5, 0.6) is 0 Å². The number of anilines is 1. The Hall–Kier alpha value is -2.97. The molecule has 0 saturated heterocycles. The number of nitrogens with one attached hydrogen (secondary N) is 1. The number of imide groups is 1. The van der Waals surface area contributed by atoms with E-state index < -0.39 is 41.6 Å². The second kappa shape index (κ2) is 6.98.